The summed E-state index contributed by atoms with van der Waals surface area (Å²) in [4.78, 5) is 7.90. The number of rotatable bonds is 2. The van der Waals surface area contributed by atoms with Gasteiger partial charge in [0.2, 0.25) is 0 Å². The molecule has 16 heteroatoms. The summed E-state index contributed by atoms with van der Waals surface area (Å²) in [7, 11) is 0. The number of hydrogen-bond donors (Lipinski definition) is 0. The SMILES string of the molecule is CC(C)c1cc(F)cc(F)c1.CC(C)c1cc(F)cc(F)c1Cl.Cc1cc(Br)cc(C(F)(F)F)c1.Cc1cc(Cl)c(Br)c(Cl)c1.Cc1cc(Cl)ccn1.Cc1ncccc1Cl. The summed E-state index contributed by atoms with van der Waals surface area (Å²) in [6.45, 7) is 14.8. The van der Waals surface area contributed by atoms with E-state index in [0.717, 1.165) is 55.7 Å². The van der Waals surface area contributed by atoms with Crippen LogP contribution in [0.1, 0.15) is 78.7 Å². The molecular formula is C45H42Br2Cl5F7N2. The van der Waals surface area contributed by atoms with Crippen LogP contribution in [0.15, 0.2) is 106 Å². The molecule has 0 atom stereocenters. The predicted molar refractivity (Wildman–Crippen MR) is 247 cm³/mol. The van der Waals surface area contributed by atoms with Crippen molar-refractivity contribution in [3.8, 4) is 0 Å². The van der Waals surface area contributed by atoms with E-state index in [1.54, 1.807) is 31.5 Å². The van der Waals surface area contributed by atoms with Crippen LogP contribution < -0.4 is 0 Å². The van der Waals surface area contributed by atoms with Crippen molar-refractivity contribution < 1.29 is 30.7 Å². The maximum atomic E-state index is 12.8. The largest absolute Gasteiger partial charge is 0.416 e. The van der Waals surface area contributed by atoms with Crippen molar-refractivity contribution >= 4 is 89.9 Å². The molecule has 61 heavy (non-hydrogen) atoms. The Hall–Kier alpha value is -2.90. The zero-order chi connectivity index (χ0) is 46.8. The quantitative estimate of drug-likeness (QED) is 0.0981. The summed E-state index contributed by atoms with van der Waals surface area (Å²) in [5.41, 5.74) is 4.09. The van der Waals surface area contributed by atoms with Gasteiger partial charge in [0.1, 0.15) is 23.3 Å². The van der Waals surface area contributed by atoms with Crippen LogP contribution in [0, 0.1) is 51.0 Å². The number of pyridine rings is 2. The summed E-state index contributed by atoms with van der Waals surface area (Å²) in [6.07, 6.45) is -0.840. The number of aromatic nitrogens is 2. The molecule has 0 aliphatic rings. The molecule has 2 aromatic heterocycles. The van der Waals surface area contributed by atoms with Gasteiger partial charge in [0, 0.05) is 39.7 Å². The van der Waals surface area contributed by atoms with Gasteiger partial charge in [-0.25, -0.2) is 17.6 Å². The number of nitrogens with zero attached hydrogens (tertiary/aromatic N) is 2. The summed E-state index contributed by atoms with van der Waals surface area (Å²) in [5.74, 6) is -2.09. The average molecular weight is 1080 g/mol. The lowest BCUT2D eigenvalue weighted by molar-refractivity contribution is -0.137. The highest BCUT2D eigenvalue weighted by atomic mass is 79.9. The van der Waals surface area contributed by atoms with E-state index in [9.17, 15) is 30.7 Å². The number of halogens is 14. The Bertz CT molecular complexity index is 2210. The molecule has 6 rings (SSSR count). The number of benzene rings is 4. The minimum atomic E-state index is -4.26. The Morgan fingerprint density at radius 3 is 1.52 bits per heavy atom. The fourth-order valence-corrected chi connectivity index (χ4v) is 6.56. The highest BCUT2D eigenvalue weighted by Gasteiger charge is 2.30. The molecule has 2 nitrogen and oxygen atoms in total. The van der Waals surface area contributed by atoms with Gasteiger partial charge >= 0.3 is 6.18 Å². The standard InChI is InChI=1S/C9H9ClF2.C9H10F2.C8H6BrF3.C7H5BrCl2.2C6H6ClN/c1-5(2)7-3-6(11)4-8(12)9(7)10;1-6(2)7-3-8(10)5-9(11)4-7;1-5-2-6(8(10,11)12)4-7(9)3-5;1-4-2-5(9)7(8)6(10)3-4;1-5-4-6(7)2-3-8-5;1-5-6(7)3-2-4-8-5/h3-5H,1-2H3;3-6H,1-2H3;2-4H,1H3;2-3H,1H3;2*2-4H,1H3. The fourth-order valence-electron chi connectivity index (χ4n) is 4.46. The maximum Gasteiger partial charge on any atom is 0.416 e. The van der Waals surface area contributed by atoms with Gasteiger partial charge in [-0.05, 0) is 151 Å². The van der Waals surface area contributed by atoms with Crippen molar-refractivity contribution in [3.63, 3.8) is 0 Å². The summed E-state index contributed by atoms with van der Waals surface area (Å²) >= 11 is 34.7. The second-order valence-corrected chi connectivity index (χ2v) is 17.3. The zero-order valence-electron chi connectivity index (χ0n) is 34.1. The van der Waals surface area contributed by atoms with Crippen molar-refractivity contribution in [2.45, 2.75) is 73.4 Å². The molecule has 0 saturated carbocycles. The van der Waals surface area contributed by atoms with Crippen LogP contribution in [-0.4, -0.2) is 9.97 Å². The van der Waals surface area contributed by atoms with Gasteiger partial charge in [-0.2, -0.15) is 13.2 Å². The van der Waals surface area contributed by atoms with Crippen molar-refractivity contribution in [1.29, 1.82) is 0 Å². The molecule has 0 amide bonds. The van der Waals surface area contributed by atoms with E-state index in [1.807, 2.05) is 78.8 Å². The first-order valence-electron chi connectivity index (χ1n) is 17.9. The molecule has 0 aliphatic carbocycles. The van der Waals surface area contributed by atoms with Gasteiger partial charge in [-0.3, -0.25) is 9.97 Å². The second-order valence-electron chi connectivity index (χ2n) is 13.5. The van der Waals surface area contributed by atoms with Crippen LogP contribution in [0.4, 0.5) is 30.7 Å². The van der Waals surface area contributed by atoms with Gasteiger partial charge in [-0.15, -0.1) is 0 Å². The van der Waals surface area contributed by atoms with E-state index in [4.69, 9.17) is 58.0 Å². The number of hydrogen-bond acceptors (Lipinski definition) is 2. The van der Waals surface area contributed by atoms with Gasteiger partial charge in [-0.1, -0.05) is 102 Å². The lowest BCUT2D eigenvalue weighted by Gasteiger charge is -2.08. The average Bonchev–Trinajstić information content (AvgIpc) is 3.13. The third kappa shape index (κ3) is 22.3. The molecule has 4 aromatic carbocycles. The highest BCUT2D eigenvalue weighted by Crippen LogP contribution is 2.33. The molecule has 0 aliphatic heterocycles. The maximum absolute atomic E-state index is 12.8. The van der Waals surface area contributed by atoms with Crippen LogP contribution in [0.2, 0.25) is 25.1 Å². The Labute approximate surface area is 395 Å². The van der Waals surface area contributed by atoms with Crippen molar-refractivity contribution in [2.24, 2.45) is 0 Å². The molecule has 0 radical (unpaired) electrons. The van der Waals surface area contributed by atoms with Crippen LogP contribution in [0.25, 0.3) is 0 Å². The van der Waals surface area contributed by atoms with Crippen LogP contribution in [-0.2, 0) is 6.18 Å². The van der Waals surface area contributed by atoms with Crippen molar-refractivity contribution in [1.82, 2.24) is 9.97 Å². The van der Waals surface area contributed by atoms with E-state index in [2.05, 4.69) is 41.8 Å². The first-order valence-corrected chi connectivity index (χ1v) is 21.4. The lowest BCUT2D eigenvalue weighted by Crippen LogP contribution is -2.04. The van der Waals surface area contributed by atoms with Crippen molar-refractivity contribution in [3.05, 3.63) is 194 Å². The van der Waals surface area contributed by atoms with Crippen LogP contribution >= 0.6 is 89.9 Å². The molecular weight excluding hydrogens is 1040 g/mol. The number of alkyl halides is 3. The van der Waals surface area contributed by atoms with Gasteiger partial charge in [0.05, 0.1) is 35.8 Å². The van der Waals surface area contributed by atoms with Crippen LogP contribution in [0.5, 0.6) is 0 Å². The van der Waals surface area contributed by atoms with Gasteiger partial charge < -0.3 is 0 Å². The zero-order valence-corrected chi connectivity index (χ0v) is 41.0. The Balaban J connectivity index is 0.000000368. The Kier molecular flexibility index (Phi) is 25.1. The summed E-state index contributed by atoms with van der Waals surface area (Å²) in [5, 5.41) is 2.81. The molecule has 330 valence electrons. The molecule has 0 spiro atoms. The summed E-state index contributed by atoms with van der Waals surface area (Å²) in [6, 6.07) is 20.4. The first kappa shape index (κ1) is 56.1. The normalized spacial score (nSPS) is 10.4. The highest BCUT2D eigenvalue weighted by molar-refractivity contribution is 9.10. The summed E-state index contributed by atoms with van der Waals surface area (Å²) < 4.78 is 88.2. The monoisotopic (exact) mass is 1080 g/mol. The van der Waals surface area contributed by atoms with Crippen molar-refractivity contribution in [2.75, 3.05) is 0 Å². The van der Waals surface area contributed by atoms with Gasteiger partial charge in [0.15, 0.2) is 0 Å². The van der Waals surface area contributed by atoms with Gasteiger partial charge in [0.25, 0.3) is 0 Å². The van der Waals surface area contributed by atoms with Crippen LogP contribution in [0.3, 0.4) is 0 Å². The van der Waals surface area contributed by atoms with E-state index in [0.29, 0.717) is 31.2 Å². The third-order valence-corrected chi connectivity index (χ3v) is 10.9. The third-order valence-electron chi connectivity index (χ3n) is 7.49. The molecule has 0 saturated heterocycles. The Morgan fingerprint density at radius 1 is 0.574 bits per heavy atom. The van der Waals surface area contributed by atoms with E-state index in [1.165, 1.54) is 18.2 Å². The topological polar surface area (TPSA) is 25.8 Å². The minimum Gasteiger partial charge on any atom is -0.262 e. The molecule has 0 N–H and O–H groups in total. The Morgan fingerprint density at radius 2 is 1.11 bits per heavy atom. The minimum absolute atomic E-state index is 0.0198. The van der Waals surface area contributed by atoms with E-state index in [-0.39, 0.29) is 16.9 Å². The first-order chi connectivity index (χ1) is 28.2. The smallest absolute Gasteiger partial charge is 0.262 e. The van der Waals surface area contributed by atoms with E-state index < -0.39 is 35.0 Å². The molecule has 0 unspecified atom stereocenters. The van der Waals surface area contributed by atoms with E-state index >= 15 is 0 Å². The molecule has 6 aromatic rings. The molecule has 0 fully saturated rings. The predicted octanol–water partition coefficient (Wildman–Crippen LogP) is 18.8. The fraction of sp³-hybridized carbons (Fsp3) is 0.244. The second kappa shape index (κ2) is 27.3. The molecule has 2 heterocycles. The number of aryl methyl sites for hydroxylation is 4. The lowest BCUT2D eigenvalue weighted by atomic mass is 10.0. The molecule has 0 bridgehead atoms.